The van der Waals surface area contributed by atoms with Crippen LogP contribution in [0.5, 0.6) is 0 Å². The number of amides is 1. The molecule has 1 aromatic heterocycles. The van der Waals surface area contributed by atoms with Crippen molar-refractivity contribution in [1.82, 2.24) is 14.5 Å². The summed E-state index contributed by atoms with van der Waals surface area (Å²) in [4.78, 5) is 18.6. The van der Waals surface area contributed by atoms with E-state index in [0.29, 0.717) is 6.42 Å². The van der Waals surface area contributed by atoms with Crippen LogP contribution in [0.4, 0.5) is 0 Å². The van der Waals surface area contributed by atoms with E-state index in [4.69, 9.17) is 4.98 Å². The number of imidazole rings is 1. The van der Waals surface area contributed by atoms with Gasteiger partial charge in [-0.3, -0.25) is 4.79 Å². The molecule has 1 aliphatic rings. The standard InChI is InChI=1S/C20H21N3O/c1-14-6-5-7-15(10-14)12-23-18-9-4-3-8-17(18)21-20(23)16-11-19(24)22(2)13-16/h3-10,16H,11-13H2,1-2H3/t16-/m0/s1. The molecule has 1 fully saturated rings. The maximum Gasteiger partial charge on any atom is 0.223 e. The van der Waals surface area contributed by atoms with Gasteiger partial charge in [0.1, 0.15) is 5.82 Å². The average Bonchev–Trinajstić information content (AvgIpc) is 3.09. The fraction of sp³-hybridized carbons (Fsp3) is 0.300. The number of carbonyl (C=O) groups is 1. The Bertz CT molecular complexity index is 912. The van der Waals surface area contributed by atoms with Gasteiger partial charge in [0.25, 0.3) is 0 Å². The molecule has 1 aliphatic heterocycles. The first kappa shape index (κ1) is 14.9. The molecule has 0 radical (unpaired) electrons. The third-order valence-corrected chi connectivity index (χ3v) is 4.81. The van der Waals surface area contributed by atoms with E-state index in [2.05, 4.69) is 41.8 Å². The number of likely N-dealkylation sites (tertiary alicyclic amines) is 1. The van der Waals surface area contributed by atoms with E-state index >= 15 is 0 Å². The smallest absolute Gasteiger partial charge is 0.223 e. The summed E-state index contributed by atoms with van der Waals surface area (Å²) in [6.07, 6.45) is 0.549. The number of aromatic nitrogens is 2. The molecule has 122 valence electrons. The van der Waals surface area contributed by atoms with Crippen LogP contribution in [-0.2, 0) is 11.3 Å². The van der Waals surface area contributed by atoms with Crippen molar-refractivity contribution in [2.45, 2.75) is 25.8 Å². The zero-order valence-corrected chi connectivity index (χ0v) is 14.1. The maximum absolute atomic E-state index is 12.0. The monoisotopic (exact) mass is 319 g/mol. The number of aryl methyl sites for hydroxylation is 1. The largest absolute Gasteiger partial charge is 0.345 e. The van der Waals surface area contributed by atoms with Gasteiger partial charge in [0.05, 0.1) is 11.0 Å². The van der Waals surface area contributed by atoms with Gasteiger partial charge in [-0.15, -0.1) is 0 Å². The second-order valence-corrected chi connectivity index (χ2v) is 6.71. The van der Waals surface area contributed by atoms with Crippen molar-refractivity contribution in [2.75, 3.05) is 13.6 Å². The van der Waals surface area contributed by atoms with Gasteiger partial charge in [-0.2, -0.15) is 0 Å². The highest BCUT2D eigenvalue weighted by molar-refractivity contribution is 5.80. The van der Waals surface area contributed by atoms with E-state index in [9.17, 15) is 4.79 Å². The Morgan fingerprint density at radius 3 is 2.75 bits per heavy atom. The van der Waals surface area contributed by atoms with Crippen LogP contribution in [0.2, 0.25) is 0 Å². The second-order valence-electron chi connectivity index (χ2n) is 6.71. The molecule has 24 heavy (non-hydrogen) atoms. The molecule has 4 rings (SSSR count). The van der Waals surface area contributed by atoms with Gasteiger partial charge in [-0.25, -0.2) is 4.98 Å². The van der Waals surface area contributed by atoms with E-state index in [1.54, 1.807) is 4.90 Å². The highest BCUT2D eigenvalue weighted by atomic mass is 16.2. The van der Waals surface area contributed by atoms with Gasteiger partial charge < -0.3 is 9.47 Å². The third-order valence-electron chi connectivity index (χ3n) is 4.81. The Balaban J connectivity index is 1.80. The number of benzene rings is 2. The lowest BCUT2D eigenvalue weighted by molar-refractivity contribution is -0.126. The van der Waals surface area contributed by atoms with Gasteiger partial charge in [-0.05, 0) is 24.6 Å². The van der Waals surface area contributed by atoms with Crippen molar-refractivity contribution >= 4 is 16.9 Å². The summed E-state index contributed by atoms with van der Waals surface area (Å²) in [7, 11) is 1.87. The first-order valence-electron chi connectivity index (χ1n) is 8.36. The van der Waals surface area contributed by atoms with Crippen LogP contribution in [0.3, 0.4) is 0 Å². The highest BCUT2D eigenvalue weighted by Gasteiger charge is 2.31. The minimum absolute atomic E-state index is 0.166. The lowest BCUT2D eigenvalue weighted by Crippen LogP contribution is -2.19. The van der Waals surface area contributed by atoms with Gasteiger partial charge in [0.2, 0.25) is 5.91 Å². The van der Waals surface area contributed by atoms with E-state index < -0.39 is 0 Å². The summed E-state index contributed by atoms with van der Waals surface area (Å²) >= 11 is 0. The molecule has 1 amide bonds. The van der Waals surface area contributed by atoms with Crippen molar-refractivity contribution in [3.8, 4) is 0 Å². The molecule has 0 N–H and O–H groups in total. The van der Waals surface area contributed by atoms with Crippen molar-refractivity contribution in [2.24, 2.45) is 0 Å². The molecule has 3 aromatic rings. The Morgan fingerprint density at radius 1 is 1.17 bits per heavy atom. The van der Waals surface area contributed by atoms with Crippen molar-refractivity contribution in [1.29, 1.82) is 0 Å². The highest BCUT2D eigenvalue weighted by Crippen LogP contribution is 2.30. The van der Waals surface area contributed by atoms with Gasteiger partial charge in [0.15, 0.2) is 0 Å². The van der Waals surface area contributed by atoms with E-state index in [1.165, 1.54) is 11.1 Å². The second kappa shape index (κ2) is 5.78. The molecular weight excluding hydrogens is 298 g/mol. The summed E-state index contributed by atoms with van der Waals surface area (Å²) < 4.78 is 2.28. The molecule has 0 aliphatic carbocycles. The Labute approximate surface area is 141 Å². The predicted molar refractivity (Wildman–Crippen MR) is 95.0 cm³/mol. The average molecular weight is 319 g/mol. The van der Waals surface area contributed by atoms with E-state index in [1.807, 2.05) is 25.2 Å². The van der Waals surface area contributed by atoms with Crippen LogP contribution in [0.1, 0.15) is 29.3 Å². The molecule has 0 saturated carbocycles. The first-order chi connectivity index (χ1) is 11.6. The molecule has 0 unspecified atom stereocenters. The Morgan fingerprint density at radius 2 is 2.00 bits per heavy atom. The molecule has 1 atom stereocenters. The van der Waals surface area contributed by atoms with Crippen molar-refractivity contribution in [3.05, 3.63) is 65.5 Å². The Hall–Kier alpha value is -2.62. The Kier molecular flexibility index (Phi) is 3.60. The SMILES string of the molecule is Cc1cccc(Cn2c([C@H]3CC(=O)N(C)C3)nc3ccccc32)c1. The molecule has 4 heteroatoms. The van der Waals surface area contributed by atoms with Crippen LogP contribution in [0.15, 0.2) is 48.5 Å². The van der Waals surface area contributed by atoms with Crippen LogP contribution in [0, 0.1) is 6.92 Å². The summed E-state index contributed by atoms with van der Waals surface area (Å²) in [6, 6.07) is 16.8. The number of fused-ring (bicyclic) bond motifs is 1. The molecule has 4 nitrogen and oxygen atoms in total. The van der Waals surface area contributed by atoms with Crippen LogP contribution < -0.4 is 0 Å². The summed E-state index contributed by atoms with van der Waals surface area (Å²) in [5.41, 5.74) is 4.66. The lowest BCUT2D eigenvalue weighted by Gasteiger charge is -2.14. The quantitative estimate of drug-likeness (QED) is 0.742. The van der Waals surface area contributed by atoms with E-state index in [0.717, 1.165) is 29.9 Å². The number of likely N-dealkylation sites (N-methyl/N-ethyl adjacent to an activating group) is 1. The molecule has 2 heterocycles. The summed E-state index contributed by atoms with van der Waals surface area (Å²) in [5.74, 6) is 1.39. The zero-order chi connectivity index (χ0) is 16.7. The predicted octanol–water partition coefficient (Wildman–Crippen LogP) is 3.34. The fourth-order valence-corrected chi connectivity index (χ4v) is 3.60. The maximum atomic E-state index is 12.0. The minimum atomic E-state index is 0.166. The number of rotatable bonds is 3. The topological polar surface area (TPSA) is 38.1 Å². The third kappa shape index (κ3) is 2.58. The van der Waals surface area contributed by atoms with Gasteiger partial charge >= 0.3 is 0 Å². The van der Waals surface area contributed by atoms with Gasteiger partial charge in [-0.1, -0.05) is 42.0 Å². The van der Waals surface area contributed by atoms with Crippen LogP contribution in [0.25, 0.3) is 11.0 Å². The lowest BCUT2D eigenvalue weighted by atomic mass is 10.1. The first-order valence-corrected chi connectivity index (χ1v) is 8.36. The zero-order valence-electron chi connectivity index (χ0n) is 14.1. The van der Waals surface area contributed by atoms with Crippen molar-refractivity contribution in [3.63, 3.8) is 0 Å². The number of carbonyl (C=O) groups excluding carboxylic acids is 1. The number of nitrogens with zero attached hydrogens (tertiary/aromatic N) is 3. The van der Waals surface area contributed by atoms with Crippen LogP contribution in [-0.4, -0.2) is 34.0 Å². The van der Waals surface area contributed by atoms with Gasteiger partial charge in [0, 0.05) is 32.5 Å². The van der Waals surface area contributed by atoms with E-state index in [-0.39, 0.29) is 11.8 Å². The molecular formula is C20H21N3O. The number of para-hydroxylation sites is 2. The summed E-state index contributed by atoms with van der Waals surface area (Å²) in [5, 5.41) is 0. The number of hydrogen-bond acceptors (Lipinski definition) is 2. The fourth-order valence-electron chi connectivity index (χ4n) is 3.60. The van der Waals surface area contributed by atoms with Crippen LogP contribution >= 0.6 is 0 Å². The molecule has 1 saturated heterocycles. The minimum Gasteiger partial charge on any atom is -0.345 e. The molecule has 0 bridgehead atoms. The normalized spacial score (nSPS) is 17.8. The molecule has 2 aromatic carbocycles. The number of hydrogen-bond donors (Lipinski definition) is 0. The van der Waals surface area contributed by atoms with Crippen molar-refractivity contribution < 1.29 is 4.79 Å². The molecule has 0 spiro atoms. The summed E-state index contributed by atoms with van der Waals surface area (Å²) in [6.45, 7) is 3.64.